The Bertz CT molecular complexity index is 43.5. The molecule has 36 valence electrons. The van der Waals surface area contributed by atoms with Crippen molar-refractivity contribution in [1.82, 2.24) is 0 Å². The maximum atomic E-state index is 8.61. The number of alkyl halides is 1. The summed E-state index contributed by atoms with van der Waals surface area (Å²) in [5.74, 6) is 0. The van der Waals surface area contributed by atoms with E-state index in [1.807, 2.05) is 0 Å². The highest BCUT2D eigenvalue weighted by Gasteiger charge is 2.23. The van der Waals surface area contributed by atoms with E-state index in [4.69, 9.17) is 5.11 Å². The Labute approximate surface area is 50.9 Å². The quantitative estimate of drug-likeness (QED) is 0.453. The zero-order chi connectivity index (χ0) is 4.57. The van der Waals surface area contributed by atoms with Gasteiger partial charge in [0.2, 0.25) is 0 Å². The fourth-order valence-corrected chi connectivity index (χ4v) is 1.70. The fourth-order valence-electron chi connectivity index (χ4n) is 0.521. The molecule has 0 bridgehead atoms. The van der Waals surface area contributed by atoms with Gasteiger partial charge in [-0.25, -0.2) is 0 Å². The predicted octanol–water partition coefficient (Wildman–Crippen LogP) is 0.945. The number of halogens is 1. The molecular weight excluding hydrogens is 191 g/mol. The van der Waals surface area contributed by atoms with E-state index in [0.717, 1.165) is 16.8 Å². The lowest BCUT2D eigenvalue weighted by atomic mass is 9.97. The van der Waals surface area contributed by atoms with E-state index in [2.05, 4.69) is 22.6 Å². The normalized spacial score (nSPS) is 45.0. The van der Waals surface area contributed by atoms with Gasteiger partial charge in [-0.2, -0.15) is 0 Å². The molecule has 0 aromatic heterocycles. The first-order valence-corrected chi connectivity index (χ1v) is 3.36. The van der Waals surface area contributed by atoms with Crippen molar-refractivity contribution in [3.8, 4) is 0 Å². The van der Waals surface area contributed by atoms with E-state index in [-0.39, 0.29) is 6.10 Å². The van der Waals surface area contributed by atoms with Gasteiger partial charge in [0.05, 0.1) is 6.10 Å². The molecule has 1 N–H and O–H groups in total. The first kappa shape index (κ1) is 4.84. The average molecular weight is 198 g/mol. The van der Waals surface area contributed by atoms with Gasteiger partial charge in [-0.1, -0.05) is 22.6 Å². The topological polar surface area (TPSA) is 20.2 Å². The van der Waals surface area contributed by atoms with E-state index in [9.17, 15) is 0 Å². The minimum absolute atomic E-state index is 0.0342. The molecule has 1 nitrogen and oxygen atoms in total. The predicted molar refractivity (Wildman–Crippen MR) is 33.0 cm³/mol. The Kier molecular flexibility index (Phi) is 1.34. The van der Waals surface area contributed by atoms with Crippen LogP contribution in [0, 0.1) is 0 Å². The van der Waals surface area contributed by atoms with Crippen LogP contribution in [0.3, 0.4) is 0 Å². The van der Waals surface area contributed by atoms with Gasteiger partial charge in [0.25, 0.3) is 0 Å². The van der Waals surface area contributed by atoms with E-state index in [0.29, 0.717) is 0 Å². The number of hydrogen-bond donors (Lipinski definition) is 1. The van der Waals surface area contributed by atoms with Crippen LogP contribution in [-0.4, -0.2) is 15.1 Å². The summed E-state index contributed by atoms with van der Waals surface area (Å²) in [7, 11) is 0. The molecule has 0 heterocycles. The van der Waals surface area contributed by atoms with E-state index >= 15 is 0 Å². The van der Waals surface area contributed by atoms with Gasteiger partial charge in [-0.3, -0.25) is 0 Å². The molecule has 1 aliphatic rings. The first-order chi connectivity index (χ1) is 2.79. The third-order valence-corrected chi connectivity index (χ3v) is 2.07. The molecule has 1 aliphatic carbocycles. The zero-order valence-corrected chi connectivity index (χ0v) is 5.55. The number of rotatable bonds is 0. The Balaban J connectivity index is 2.11. The van der Waals surface area contributed by atoms with Gasteiger partial charge >= 0.3 is 0 Å². The van der Waals surface area contributed by atoms with Crippen LogP contribution in [0.4, 0.5) is 0 Å². The smallest absolute Gasteiger partial charge is 0.0560 e. The number of aliphatic hydroxyl groups excluding tert-OH is 1. The van der Waals surface area contributed by atoms with Gasteiger partial charge in [-0.05, 0) is 12.8 Å². The second-order valence-corrected chi connectivity index (χ2v) is 3.48. The van der Waals surface area contributed by atoms with Crippen molar-refractivity contribution < 1.29 is 5.11 Å². The Morgan fingerprint density at radius 2 is 2.00 bits per heavy atom. The summed E-state index contributed by atoms with van der Waals surface area (Å²) in [6, 6.07) is 0. The van der Waals surface area contributed by atoms with Crippen molar-refractivity contribution in [3.05, 3.63) is 0 Å². The van der Waals surface area contributed by atoms with Crippen LogP contribution in [0.5, 0.6) is 0 Å². The molecule has 0 aromatic carbocycles. The molecule has 6 heavy (non-hydrogen) atoms. The second kappa shape index (κ2) is 1.66. The van der Waals surface area contributed by atoms with Crippen LogP contribution in [-0.2, 0) is 0 Å². The summed E-state index contributed by atoms with van der Waals surface area (Å²) in [6.07, 6.45) is 2.06. The minimum Gasteiger partial charge on any atom is -0.393 e. The van der Waals surface area contributed by atoms with Crippen LogP contribution in [0.2, 0.25) is 0 Å². The third kappa shape index (κ3) is 0.846. The van der Waals surface area contributed by atoms with Crippen molar-refractivity contribution in [1.29, 1.82) is 0 Å². The van der Waals surface area contributed by atoms with Crippen molar-refractivity contribution in [3.63, 3.8) is 0 Å². The molecule has 0 amide bonds. The molecule has 0 saturated heterocycles. The Hall–Kier alpha value is 0.690. The number of hydrogen-bond acceptors (Lipinski definition) is 1. The van der Waals surface area contributed by atoms with Gasteiger partial charge in [0.15, 0.2) is 0 Å². The molecule has 1 rings (SSSR count). The van der Waals surface area contributed by atoms with E-state index < -0.39 is 0 Å². The second-order valence-electron chi connectivity index (χ2n) is 1.72. The van der Waals surface area contributed by atoms with Gasteiger partial charge in [-0.15, -0.1) is 0 Å². The molecule has 1 saturated carbocycles. The third-order valence-electron chi connectivity index (χ3n) is 1.06. The minimum atomic E-state index is 0.0342. The van der Waals surface area contributed by atoms with Crippen LogP contribution >= 0.6 is 22.6 Å². The van der Waals surface area contributed by atoms with Gasteiger partial charge in [0.1, 0.15) is 0 Å². The van der Waals surface area contributed by atoms with Crippen molar-refractivity contribution in [2.24, 2.45) is 0 Å². The first-order valence-electron chi connectivity index (χ1n) is 2.11. The monoisotopic (exact) mass is 198 g/mol. The van der Waals surface area contributed by atoms with Crippen molar-refractivity contribution in [2.45, 2.75) is 22.9 Å². The largest absolute Gasteiger partial charge is 0.393 e. The molecule has 1 fully saturated rings. The van der Waals surface area contributed by atoms with E-state index in [1.165, 1.54) is 0 Å². The zero-order valence-electron chi connectivity index (χ0n) is 3.39. The highest BCUT2D eigenvalue weighted by atomic mass is 127. The molecule has 0 aliphatic heterocycles. The maximum absolute atomic E-state index is 8.61. The fraction of sp³-hybridized carbons (Fsp3) is 1.00. The summed E-state index contributed by atoms with van der Waals surface area (Å²) < 4.78 is 0.762. The van der Waals surface area contributed by atoms with Crippen LogP contribution in [0.25, 0.3) is 0 Å². The summed E-state index contributed by atoms with van der Waals surface area (Å²) in [5.41, 5.74) is 0. The molecule has 0 atom stereocenters. The van der Waals surface area contributed by atoms with Gasteiger partial charge in [0, 0.05) is 3.92 Å². The maximum Gasteiger partial charge on any atom is 0.0560 e. The lowest BCUT2D eigenvalue weighted by Crippen LogP contribution is -2.27. The molecule has 0 unspecified atom stereocenters. The van der Waals surface area contributed by atoms with E-state index in [1.54, 1.807) is 0 Å². The Morgan fingerprint density at radius 1 is 1.50 bits per heavy atom. The molecular formula is C4H7IO. The molecule has 0 radical (unpaired) electrons. The molecule has 0 aromatic rings. The highest BCUT2D eigenvalue weighted by molar-refractivity contribution is 14.1. The average Bonchev–Trinajstić information content (AvgIpc) is 1.33. The van der Waals surface area contributed by atoms with Crippen LogP contribution < -0.4 is 0 Å². The summed E-state index contributed by atoms with van der Waals surface area (Å²) >= 11 is 2.35. The van der Waals surface area contributed by atoms with Crippen molar-refractivity contribution >= 4 is 22.6 Å². The standard InChI is InChI=1S/C4H7IO/c5-3-1-4(6)2-3/h3-4,6H,1-2H2/t3-,4+. The molecule has 0 spiro atoms. The summed E-state index contributed by atoms with van der Waals surface area (Å²) in [5, 5.41) is 8.61. The highest BCUT2D eigenvalue weighted by Crippen LogP contribution is 2.26. The molecule has 2 heteroatoms. The Morgan fingerprint density at radius 3 is 2.00 bits per heavy atom. The van der Waals surface area contributed by atoms with Crippen molar-refractivity contribution in [2.75, 3.05) is 0 Å². The summed E-state index contributed by atoms with van der Waals surface area (Å²) in [4.78, 5) is 0. The number of aliphatic hydroxyl groups is 1. The lowest BCUT2D eigenvalue weighted by Gasteiger charge is -2.25. The van der Waals surface area contributed by atoms with Crippen LogP contribution in [0.1, 0.15) is 12.8 Å². The lowest BCUT2D eigenvalue weighted by molar-refractivity contribution is 0.105. The summed E-state index contributed by atoms with van der Waals surface area (Å²) in [6.45, 7) is 0. The SMILES string of the molecule is O[C@H]1C[C@@H](I)C1. The van der Waals surface area contributed by atoms with Crippen LogP contribution in [0.15, 0.2) is 0 Å². The van der Waals surface area contributed by atoms with Gasteiger partial charge < -0.3 is 5.11 Å².